The SMILES string of the molecule is COc1cc(Cl)ccc1[C@H]1COc2cccc(C3CCN(C(=O)O)CC3)c2O1. The number of carbonyl (C=O) groups is 1. The van der Waals surface area contributed by atoms with Crippen molar-refractivity contribution in [3.63, 3.8) is 0 Å². The monoisotopic (exact) mass is 403 g/mol. The summed E-state index contributed by atoms with van der Waals surface area (Å²) in [6.07, 6.45) is 0.366. The van der Waals surface area contributed by atoms with E-state index in [0.29, 0.717) is 30.5 Å². The maximum atomic E-state index is 11.2. The van der Waals surface area contributed by atoms with Gasteiger partial charge >= 0.3 is 6.09 Å². The molecule has 1 amide bonds. The van der Waals surface area contributed by atoms with Gasteiger partial charge in [-0.15, -0.1) is 0 Å². The van der Waals surface area contributed by atoms with E-state index in [4.69, 9.17) is 25.8 Å². The van der Waals surface area contributed by atoms with Crippen molar-refractivity contribution in [1.82, 2.24) is 4.90 Å². The number of halogens is 1. The van der Waals surface area contributed by atoms with E-state index in [-0.39, 0.29) is 12.0 Å². The van der Waals surface area contributed by atoms with Crippen LogP contribution < -0.4 is 14.2 Å². The smallest absolute Gasteiger partial charge is 0.407 e. The van der Waals surface area contributed by atoms with Gasteiger partial charge in [0.15, 0.2) is 17.6 Å². The summed E-state index contributed by atoms with van der Waals surface area (Å²) in [4.78, 5) is 12.6. The minimum Gasteiger partial charge on any atom is -0.496 e. The van der Waals surface area contributed by atoms with Crippen LogP contribution in [0.5, 0.6) is 17.2 Å². The van der Waals surface area contributed by atoms with Crippen molar-refractivity contribution in [1.29, 1.82) is 0 Å². The molecule has 2 aliphatic heterocycles. The van der Waals surface area contributed by atoms with E-state index < -0.39 is 6.09 Å². The van der Waals surface area contributed by atoms with Crippen LogP contribution in [-0.4, -0.2) is 42.9 Å². The zero-order valence-electron chi connectivity index (χ0n) is 15.6. The Bertz CT molecular complexity index is 879. The van der Waals surface area contributed by atoms with Crippen LogP contribution in [0, 0.1) is 0 Å². The molecule has 1 N–H and O–H groups in total. The Hall–Kier alpha value is -2.60. The molecule has 148 valence electrons. The average Bonchev–Trinajstić information content (AvgIpc) is 2.73. The minimum atomic E-state index is -0.858. The largest absolute Gasteiger partial charge is 0.496 e. The normalized spacial score (nSPS) is 19.4. The summed E-state index contributed by atoms with van der Waals surface area (Å²) in [5, 5.41) is 9.78. The second-order valence-electron chi connectivity index (χ2n) is 7.02. The van der Waals surface area contributed by atoms with Gasteiger partial charge in [-0.25, -0.2) is 4.79 Å². The molecule has 6 nitrogen and oxygen atoms in total. The molecule has 0 saturated carbocycles. The van der Waals surface area contributed by atoms with E-state index in [1.807, 2.05) is 30.3 Å². The first-order chi connectivity index (χ1) is 13.6. The molecular weight excluding hydrogens is 382 g/mol. The third-order valence-corrected chi connectivity index (χ3v) is 5.64. The molecule has 4 rings (SSSR count). The molecule has 2 aromatic carbocycles. The number of benzene rings is 2. The number of amides is 1. The molecule has 2 aromatic rings. The maximum Gasteiger partial charge on any atom is 0.407 e. The topological polar surface area (TPSA) is 68.2 Å². The first kappa shape index (κ1) is 18.7. The lowest BCUT2D eigenvalue weighted by molar-refractivity contribution is 0.0862. The van der Waals surface area contributed by atoms with Crippen LogP contribution >= 0.6 is 11.6 Å². The molecule has 2 heterocycles. The maximum absolute atomic E-state index is 11.2. The summed E-state index contributed by atoms with van der Waals surface area (Å²) in [5.74, 6) is 2.36. The van der Waals surface area contributed by atoms with E-state index in [1.54, 1.807) is 13.2 Å². The highest BCUT2D eigenvalue weighted by molar-refractivity contribution is 6.30. The van der Waals surface area contributed by atoms with E-state index in [9.17, 15) is 9.90 Å². The van der Waals surface area contributed by atoms with Crippen molar-refractivity contribution in [2.75, 3.05) is 26.8 Å². The van der Waals surface area contributed by atoms with Crippen LogP contribution in [0.2, 0.25) is 5.02 Å². The van der Waals surface area contributed by atoms with Crippen LogP contribution in [0.15, 0.2) is 36.4 Å². The highest BCUT2D eigenvalue weighted by Crippen LogP contribution is 2.45. The summed E-state index contributed by atoms with van der Waals surface area (Å²) in [7, 11) is 1.61. The predicted molar refractivity (Wildman–Crippen MR) is 105 cm³/mol. The van der Waals surface area contributed by atoms with Crippen LogP contribution in [-0.2, 0) is 0 Å². The zero-order valence-corrected chi connectivity index (χ0v) is 16.3. The molecule has 1 atom stereocenters. The van der Waals surface area contributed by atoms with Gasteiger partial charge in [0.2, 0.25) is 0 Å². The van der Waals surface area contributed by atoms with Gasteiger partial charge in [0.25, 0.3) is 0 Å². The molecule has 0 bridgehead atoms. The third-order valence-electron chi connectivity index (χ3n) is 5.41. The van der Waals surface area contributed by atoms with Crippen LogP contribution in [0.3, 0.4) is 0 Å². The Kier molecular flexibility index (Phi) is 5.22. The van der Waals surface area contributed by atoms with Gasteiger partial charge in [-0.05, 0) is 43.0 Å². The zero-order chi connectivity index (χ0) is 19.7. The molecule has 28 heavy (non-hydrogen) atoms. The quantitative estimate of drug-likeness (QED) is 0.803. The van der Waals surface area contributed by atoms with Crippen molar-refractivity contribution in [2.24, 2.45) is 0 Å². The highest BCUT2D eigenvalue weighted by Gasteiger charge is 2.31. The van der Waals surface area contributed by atoms with E-state index in [1.165, 1.54) is 4.90 Å². The Labute approximate surface area is 168 Å². The molecule has 0 aromatic heterocycles. The first-order valence-electron chi connectivity index (χ1n) is 9.30. The summed E-state index contributed by atoms with van der Waals surface area (Å²) >= 11 is 6.08. The second-order valence-corrected chi connectivity index (χ2v) is 7.46. The fourth-order valence-electron chi connectivity index (χ4n) is 3.92. The van der Waals surface area contributed by atoms with Crippen molar-refractivity contribution in [3.8, 4) is 17.2 Å². The van der Waals surface area contributed by atoms with Gasteiger partial charge in [0, 0.05) is 29.2 Å². The van der Waals surface area contributed by atoms with Gasteiger partial charge in [0.1, 0.15) is 12.4 Å². The Morgan fingerprint density at radius 1 is 1.21 bits per heavy atom. The van der Waals surface area contributed by atoms with Crippen molar-refractivity contribution in [2.45, 2.75) is 24.9 Å². The standard InChI is InChI=1S/C21H22ClNO5/c1-26-18-11-14(22)5-6-16(18)19-12-27-17-4-2-3-15(20(17)28-19)13-7-9-23(10-8-13)21(24)25/h2-6,11,13,19H,7-10,12H2,1H3,(H,24,25)/t19-/m1/s1. The van der Waals surface area contributed by atoms with Crippen molar-refractivity contribution < 1.29 is 24.1 Å². The summed E-state index contributed by atoms with van der Waals surface area (Å²) in [5.41, 5.74) is 1.95. The van der Waals surface area contributed by atoms with Gasteiger partial charge in [-0.1, -0.05) is 23.7 Å². The fraction of sp³-hybridized carbons (Fsp3) is 0.381. The number of likely N-dealkylation sites (tertiary alicyclic amines) is 1. The second kappa shape index (κ2) is 7.80. The van der Waals surface area contributed by atoms with Gasteiger partial charge in [0.05, 0.1) is 7.11 Å². The van der Waals surface area contributed by atoms with Crippen LogP contribution in [0.25, 0.3) is 0 Å². The molecule has 1 fully saturated rings. The summed E-state index contributed by atoms with van der Waals surface area (Å²) < 4.78 is 17.8. The first-order valence-corrected chi connectivity index (χ1v) is 9.68. The number of ether oxygens (including phenoxy) is 3. The number of rotatable bonds is 3. The van der Waals surface area contributed by atoms with Crippen molar-refractivity contribution >= 4 is 17.7 Å². The lowest BCUT2D eigenvalue weighted by Gasteiger charge is -2.34. The van der Waals surface area contributed by atoms with Gasteiger partial charge < -0.3 is 24.2 Å². The van der Waals surface area contributed by atoms with Crippen molar-refractivity contribution in [3.05, 3.63) is 52.5 Å². The van der Waals surface area contributed by atoms with E-state index >= 15 is 0 Å². The molecule has 0 aliphatic carbocycles. The molecule has 2 aliphatic rings. The number of hydrogen-bond donors (Lipinski definition) is 1. The summed E-state index contributed by atoms with van der Waals surface area (Å²) in [6.45, 7) is 1.43. The molecule has 7 heteroatoms. The molecule has 0 unspecified atom stereocenters. The van der Waals surface area contributed by atoms with Crippen LogP contribution in [0.1, 0.15) is 36.0 Å². The third kappa shape index (κ3) is 3.56. The number of methoxy groups -OCH3 is 1. The highest BCUT2D eigenvalue weighted by atomic mass is 35.5. The Balaban J connectivity index is 1.60. The van der Waals surface area contributed by atoms with Gasteiger partial charge in [-0.3, -0.25) is 0 Å². The molecule has 0 spiro atoms. The number of hydrogen-bond acceptors (Lipinski definition) is 4. The average molecular weight is 404 g/mol. The number of fused-ring (bicyclic) bond motifs is 1. The lowest BCUT2D eigenvalue weighted by Crippen LogP contribution is -2.37. The molecule has 1 saturated heterocycles. The van der Waals surface area contributed by atoms with Crippen LogP contribution in [0.4, 0.5) is 4.79 Å². The Morgan fingerprint density at radius 3 is 2.71 bits per heavy atom. The fourth-order valence-corrected chi connectivity index (χ4v) is 4.08. The molecule has 0 radical (unpaired) electrons. The number of nitrogens with zero attached hydrogens (tertiary/aromatic N) is 1. The van der Waals surface area contributed by atoms with E-state index in [2.05, 4.69) is 0 Å². The number of para-hydroxylation sites is 1. The lowest BCUT2D eigenvalue weighted by atomic mass is 9.88. The molecular formula is C21H22ClNO5. The minimum absolute atomic E-state index is 0.236. The number of piperidine rings is 1. The summed E-state index contributed by atoms with van der Waals surface area (Å²) in [6, 6.07) is 11.4. The Morgan fingerprint density at radius 2 is 2.00 bits per heavy atom. The van der Waals surface area contributed by atoms with E-state index in [0.717, 1.165) is 35.5 Å². The predicted octanol–water partition coefficient (Wildman–Crippen LogP) is 4.72. The van der Waals surface area contributed by atoms with Gasteiger partial charge in [-0.2, -0.15) is 0 Å². The number of carboxylic acid groups (broad SMARTS) is 1.